The second-order valence-electron chi connectivity index (χ2n) is 7.70. The van der Waals surface area contributed by atoms with Crippen LogP contribution in [0.2, 0.25) is 0 Å². The molecule has 0 saturated carbocycles. The maximum absolute atomic E-state index is 11.6. The Kier molecular flexibility index (Phi) is 16.1. The van der Waals surface area contributed by atoms with Gasteiger partial charge in [-0.1, -0.05) is 114 Å². The summed E-state index contributed by atoms with van der Waals surface area (Å²) in [6.07, 6.45) is 18.8. The first kappa shape index (κ1) is 25.4. The van der Waals surface area contributed by atoms with Gasteiger partial charge in [0.05, 0.1) is 0 Å². The van der Waals surface area contributed by atoms with Crippen LogP contribution in [0.15, 0.2) is 42.5 Å². The molecule has 1 aromatic carbocycles. The predicted octanol–water partition coefficient (Wildman–Crippen LogP) is 6.67. The van der Waals surface area contributed by atoms with Crippen LogP contribution >= 0.6 is 0 Å². The molecule has 0 spiro atoms. The van der Waals surface area contributed by atoms with Gasteiger partial charge in [0.1, 0.15) is 6.61 Å². The number of allylic oxidation sites excluding steroid dienone is 1. The van der Waals surface area contributed by atoms with E-state index in [2.05, 4.69) is 11.8 Å². The van der Waals surface area contributed by atoms with Gasteiger partial charge in [-0.05, 0) is 24.5 Å². The molecule has 0 unspecified atom stereocenters. The van der Waals surface area contributed by atoms with E-state index < -0.39 is 12.1 Å². The van der Waals surface area contributed by atoms with Gasteiger partial charge in [-0.25, -0.2) is 4.79 Å². The van der Waals surface area contributed by atoms with E-state index in [-0.39, 0.29) is 6.61 Å². The summed E-state index contributed by atoms with van der Waals surface area (Å²) in [5.74, 6) is -0.785. The molecule has 0 aliphatic rings. The average molecular weight is 405 g/mol. The van der Waals surface area contributed by atoms with Gasteiger partial charge < -0.3 is 5.11 Å². The Hall–Kier alpha value is -1.65. The molecule has 1 N–H and O–H groups in total. The number of aliphatic hydroxyl groups excluding tert-OH is 1. The summed E-state index contributed by atoms with van der Waals surface area (Å²) in [4.78, 5) is 21.2. The van der Waals surface area contributed by atoms with E-state index in [9.17, 15) is 9.90 Å². The molecule has 0 aromatic heterocycles. The Morgan fingerprint density at radius 2 is 1.45 bits per heavy atom. The molecule has 0 saturated heterocycles. The molecular weight excluding hydrogens is 364 g/mol. The fraction of sp³-hybridized carbons (Fsp3) is 0.640. The fourth-order valence-corrected chi connectivity index (χ4v) is 3.19. The van der Waals surface area contributed by atoms with Gasteiger partial charge in [-0.2, -0.15) is 4.89 Å². The third-order valence-corrected chi connectivity index (χ3v) is 4.99. The predicted molar refractivity (Wildman–Crippen MR) is 118 cm³/mol. The Labute approximate surface area is 177 Å². The van der Waals surface area contributed by atoms with E-state index in [0.29, 0.717) is 0 Å². The van der Waals surface area contributed by atoms with Gasteiger partial charge in [-0.15, -0.1) is 0 Å². The molecule has 1 aromatic rings. The molecular formula is C25H40O4. The molecule has 0 radical (unpaired) electrons. The Balaban J connectivity index is 1.91. The topological polar surface area (TPSA) is 55.8 Å². The summed E-state index contributed by atoms with van der Waals surface area (Å²) in [7, 11) is 0. The summed E-state index contributed by atoms with van der Waals surface area (Å²) in [6.45, 7) is 2.43. The summed E-state index contributed by atoms with van der Waals surface area (Å²) in [5, 5.41) is 9.76. The lowest BCUT2D eigenvalue weighted by Crippen LogP contribution is -2.20. The van der Waals surface area contributed by atoms with Gasteiger partial charge >= 0.3 is 5.97 Å². The summed E-state index contributed by atoms with van der Waals surface area (Å²) < 4.78 is 0. The van der Waals surface area contributed by atoms with Crippen LogP contribution in [0.25, 0.3) is 0 Å². The van der Waals surface area contributed by atoms with Crippen LogP contribution in [-0.2, 0) is 21.2 Å². The van der Waals surface area contributed by atoms with E-state index in [1.54, 1.807) is 0 Å². The third kappa shape index (κ3) is 14.9. The van der Waals surface area contributed by atoms with Crippen LogP contribution in [-0.4, -0.2) is 17.2 Å². The molecule has 0 aliphatic carbocycles. The lowest BCUT2D eigenvalue weighted by molar-refractivity contribution is -0.284. The number of rotatable bonds is 18. The summed E-state index contributed by atoms with van der Waals surface area (Å²) in [5.41, 5.74) is 0.900. The third-order valence-electron chi connectivity index (χ3n) is 4.99. The fourth-order valence-electron chi connectivity index (χ4n) is 3.19. The Bertz CT molecular complexity index is 527. The molecule has 29 heavy (non-hydrogen) atoms. The number of carbonyl (C=O) groups excluding carboxylic acids is 1. The highest BCUT2D eigenvalue weighted by Crippen LogP contribution is 2.12. The maximum Gasteiger partial charge on any atom is 0.374 e. The minimum absolute atomic E-state index is 0.169. The first-order valence-electron chi connectivity index (χ1n) is 11.5. The summed E-state index contributed by atoms with van der Waals surface area (Å²) in [6, 6.07) is 9.42. The SMILES string of the molecule is CCCCCCCCCCCCCC/C=C/[C@H](O)C(=O)OOCc1ccccc1. The second-order valence-corrected chi connectivity index (χ2v) is 7.70. The molecule has 1 atom stereocenters. The first-order valence-corrected chi connectivity index (χ1v) is 11.5. The lowest BCUT2D eigenvalue weighted by atomic mass is 10.0. The zero-order valence-electron chi connectivity index (χ0n) is 18.2. The number of hydrogen-bond donors (Lipinski definition) is 1. The van der Waals surface area contributed by atoms with Crippen LogP contribution < -0.4 is 0 Å². The zero-order chi connectivity index (χ0) is 21.0. The van der Waals surface area contributed by atoms with Crippen molar-refractivity contribution in [3.8, 4) is 0 Å². The van der Waals surface area contributed by atoms with Crippen molar-refractivity contribution in [2.24, 2.45) is 0 Å². The van der Waals surface area contributed by atoms with Crippen molar-refractivity contribution in [2.75, 3.05) is 0 Å². The molecule has 4 nitrogen and oxygen atoms in total. The zero-order valence-corrected chi connectivity index (χ0v) is 18.2. The molecule has 0 bridgehead atoms. The smallest absolute Gasteiger partial charge is 0.374 e. The molecule has 0 heterocycles. The van der Waals surface area contributed by atoms with Crippen molar-refractivity contribution in [3.05, 3.63) is 48.0 Å². The van der Waals surface area contributed by atoms with Crippen molar-refractivity contribution in [1.29, 1.82) is 0 Å². The molecule has 4 heteroatoms. The Morgan fingerprint density at radius 3 is 2.03 bits per heavy atom. The van der Waals surface area contributed by atoms with Gasteiger partial charge in [0, 0.05) is 0 Å². The molecule has 1 rings (SSSR count). The highest BCUT2D eigenvalue weighted by molar-refractivity contribution is 5.75. The molecule has 0 fully saturated rings. The number of carbonyl (C=O) groups is 1. The normalized spacial score (nSPS) is 12.3. The van der Waals surface area contributed by atoms with Crippen molar-refractivity contribution in [1.82, 2.24) is 0 Å². The summed E-state index contributed by atoms with van der Waals surface area (Å²) >= 11 is 0. The minimum Gasteiger partial charge on any atom is -0.377 e. The molecule has 0 aliphatic heterocycles. The quantitative estimate of drug-likeness (QED) is 0.128. The van der Waals surface area contributed by atoms with E-state index >= 15 is 0 Å². The number of unbranched alkanes of at least 4 members (excludes halogenated alkanes) is 12. The number of hydrogen-bond acceptors (Lipinski definition) is 4. The van der Waals surface area contributed by atoms with Crippen LogP contribution in [0.4, 0.5) is 0 Å². The second kappa shape index (κ2) is 18.4. The maximum atomic E-state index is 11.6. The highest BCUT2D eigenvalue weighted by atomic mass is 17.2. The Morgan fingerprint density at radius 1 is 0.897 bits per heavy atom. The number of benzene rings is 1. The van der Waals surface area contributed by atoms with Crippen molar-refractivity contribution in [2.45, 2.75) is 103 Å². The van der Waals surface area contributed by atoms with Crippen LogP contribution in [0, 0.1) is 0 Å². The van der Waals surface area contributed by atoms with Gasteiger partial charge in [0.25, 0.3) is 0 Å². The molecule has 164 valence electrons. The van der Waals surface area contributed by atoms with Crippen molar-refractivity contribution >= 4 is 5.97 Å². The van der Waals surface area contributed by atoms with E-state index in [4.69, 9.17) is 4.89 Å². The first-order chi connectivity index (χ1) is 14.2. The van der Waals surface area contributed by atoms with E-state index in [0.717, 1.165) is 18.4 Å². The number of aliphatic hydroxyl groups is 1. The van der Waals surface area contributed by atoms with Crippen molar-refractivity contribution in [3.63, 3.8) is 0 Å². The van der Waals surface area contributed by atoms with Crippen LogP contribution in [0.1, 0.15) is 96.0 Å². The largest absolute Gasteiger partial charge is 0.377 e. The van der Waals surface area contributed by atoms with Gasteiger partial charge in [0.15, 0.2) is 6.10 Å². The van der Waals surface area contributed by atoms with Gasteiger partial charge in [-0.3, -0.25) is 4.89 Å². The monoisotopic (exact) mass is 404 g/mol. The van der Waals surface area contributed by atoms with E-state index in [1.165, 1.54) is 76.7 Å². The lowest BCUT2D eigenvalue weighted by Gasteiger charge is -2.06. The van der Waals surface area contributed by atoms with E-state index in [1.807, 2.05) is 36.4 Å². The highest BCUT2D eigenvalue weighted by Gasteiger charge is 2.14. The van der Waals surface area contributed by atoms with Gasteiger partial charge in [0.2, 0.25) is 0 Å². The van der Waals surface area contributed by atoms with Crippen molar-refractivity contribution < 1.29 is 19.7 Å². The minimum atomic E-state index is -1.27. The van der Waals surface area contributed by atoms with Crippen LogP contribution in [0.5, 0.6) is 0 Å². The van der Waals surface area contributed by atoms with Crippen LogP contribution in [0.3, 0.4) is 0 Å². The molecule has 0 amide bonds. The average Bonchev–Trinajstić information content (AvgIpc) is 2.74. The standard InChI is InChI=1S/C25H40O4/c1-2-3-4-5-6-7-8-9-10-11-12-13-14-18-21-24(26)25(27)29-28-22-23-19-16-15-17-20-23/h15-21,24,26H,2-14,22H2,1H3/b21-18+/t24-/m0/s1.